The zero-order chi connectivity index (χ0) is 30.2. The Morgan fingerprint density at radius 2 is 1.47 bits per heavy atom. The minimum Gasteiger partial charge on any atom is -0.454 e. The van der Waals surface area contributed by atoms with Crippen molar-refractivity contribution in [3.05, 3.63) is 128 Å². The zero-order valence-electron chi connectivity index (χ0n) is 22.8. The van der Waals surface area contributed by atoms with Gasteiger partial charge in [0.25, 0.3) is 11.8 Å². The number of carbonyl (C=O) groups excluding carboxylic acids is 4. The van der Waals surface area contributed by atoms with Crippen LogP contribution < -0.4 is 4.90 Å². The molecule has 0 fully saturated rings. The average Bonchev–Trinajstić information content (AvgIpc) is 3.28. The first kappa shape index (κ1) is 28.6. The molecule has 2 amide bonds. The van der Waals surface area contributed by atoms with Gasteiger partial charge in [-0.2, -0.15) is 0 Å². The zero-order valence-corrected chi connectivity index (χ0v) is 25.9. The van der Waals surface area contributed by atoms with E-state index in [2.05, 4.69) is 31.9 Å². The maximum absolute atomic E-state index is 13.4. The van der Waals surface area contributed by atoms with Gasteiger partial charge in [-0.3, -0.25) is 14.4 Å². The molecule has 0 N–H and O–H groups in total. The van der Waals surface area contributed by atoms with Crippen LogP contribution in [0.3, 0.4) is 0 Å². The first-order valence-electron chi connectivity index (χ1n) is 13.4. The predicted molar refractivity (Wildman–Crippen MR) is 171 cm³/mol. The Balaban J connectivity index is 1.34. The average molecular weight is 698 g/mol. The number of carbonyl (C=O) groups is 4. The van der Waals surface area contributed by atoms with Gasteiger partial charge >= 0.3 is 5.97 Å². The summed E-state index contributed by atoms with van der Waals surface area (Å²) in [4.78, 5) is 58.1. The molecule has 4 aromatic carbocycles. The maximum atomic E-state index is 13.4. The van der Waals surface area contributed by atoms with Gasteiger partial charge in [-0.05, 0) is 66.6 Å². The molecule has 0 spiro atoms. The number of pyridine rings is 1. The molecule has 7 nitrogen and oxygen atoms in total. The quantitative estimate of drug-likeness (QED) is 0.0978. The van der Waals surface area contributed by atoms with Crippen molar-refractivity contribution in [2.24, 2.45) is 0 Å². The number of aromatic nitrogens is 1. The summed E-state index contributed by atoms with van der Waals surface area (Å²) < 4.78 is 7.13. The molecule has 0 bridgehead atoms. The summed E-state index contributed by atoms with van der Waals surface area (Å²) in [6.07, 6.45) is 0.668. The van der Waals surface area contributed by atoms with Crippen molar-refractivity contribution >= 4 is 72.0 Å². The summed E-state index contributed by atoms with van der Waals surface area (Å²) in [7, 11) is 0. The summed E-state index contributed by atoms with van der Waals surface area (Å²) in [6, 6.07) is 25.8. The van der Waals surface area contributed by atoms with E-state index in [1.54, 1.807) is 78.9 Å². The summed E-state index contributed by atoms with van der Waals surface area (Å²) in [6.45, 7) is 1.59. The van der Waals surface area contributed by atoms with Crippen molar-refractivity contribution in [1.29, 1.82) is 0 Å². The highest BCUT2D eigenvalue weighted by atomic mass is 79.9. The van der Waals surface area contributed by atoms with Gasteiger partial charge in [-0.1, -0.05) is 75.2 Å². The second kappa shape index (κ2) is 11.7. The largest absolute Gasteiger partial charge is 0.454 e. The van der Waals surface area contributed by atoms with Crippen molar-refractivity contribution in [3.63, 3.8) is 0 Å². The Labute approximate surface area is 263 Å². The molecule has 0 radical (unpaired) electrons. The summed E-state index contributed by atoms with van der Waals surface area (Å²) in [5, 5.41) is 0.596. The van der Waals surface area contributed by atoms with Crippen LogP contribution in [0.4, 0.5) is 5.69 Å². The third kappa shape index (κ3) is 5.42. The SMILES string of the molecule is CCc1cc(Br)cc2c(C(=O)OCC(=O)c3ccc(Br)cc3)cc(-c3ccc(N4C(=O)c5ccccc5C4=O)cc3)nc12. The van der Waals surface area contributed by atoms with Crippen LogP contribution in [0.1, 0.15) is 53.9 Å². The number of Topliss-reactive ketones (excluding diaryl/α,β-unsaturated/α-hetero) is 1. The first-order valence-corrected chi connectivity index (χ1v) is 15.0. The summed E-state index contributed by atoms with van der Waals surface area (Å²) in [5.41, 5.74) is 4.61. The van der Waals surface area contributed by atoms with Crippen LogP contribution in [0.2, 0.25) is 0 Å². The summed E-state index contributed by atoms with van der Waals surface area (Å²) in [5.74, 6) is -1.73. The van der Waals surface area contributed by atoms with Gasteiger partial charge in [-0.25, -0.2) is 14.7 Å². The molecule has 6 rings (SSSR count). The summed E-state index contributed by atoms with van der Waals surface area (Å²) >= 11 is 6.88. The molecule has 0 saturated carbocycles. The number of ether oxygens (including phenoxy) is 1. The number of rotatable bonds is 7. The number of nitrogens with zero attached hydrogens (tertiary/aromatic N) is 2. The van der Waals surface area contributed by atoms with E-state index in [9.17, 15) is 19.2 Å². The Hall–Kier alpha value is -4.47. The van der Waals surface area contributed by atoms with Crippen LogP contribution in [-0.4, -0.2) is 35.2 Å². The van der Waals surface area contributed by atoms with Crippen LogP contribution in [0.25, 0.3) is 22.2 Å². The molecule has 9 heteroatoms. The lowest BCUT2D eigenvalue weighted by molar-refractivity contribution is 0.0476. The Bertz CT molecular complexity index is 1920. The van der Waals surface area contributed by atoms with Gasteiger partial charge < -0.3 is 4.74 Å². The number of ketones is 1. The van der Waals surface area contributed by atoms with Crippen LogP contribution >= 0.6 is 31.9 Å². The molecule has 212 valence electrons. The normalized spacial score (nSPS) is 12.5. The van der Waals surface area contributed by atoms with Crippen LogP contribution in [0.5, 0.6) is 0 Å². The van der Waals surface area contributed by atoms with Crippen molar-refractivity contribution < 1.29 is 23.9 Å². The van der Waals surface area contributed by atoms with Crippen molar-refractivity contribution in [3.8, 4) is 11.3 Å². The fourth-order valence-corrected chi connectivity index (χ4v) is 5.85. The second-order valence-electron chi connectivity index (χ2n) is 9.91. The molecule has 0 atom stereocenters. The fourth-order valence-electron chi connectivity index (χ4n) is 5.08. The lowest BCUT2D eigenvalue weighted by Gasteiger charge is -2.15. The number of amides is 2. The number of aryl methyl sites for hydroxylation is 1. The molecular weight excluding hydrogens is 676 g/mol. The van der Waals surface area contributed by atoms with Crippen LogP contribution in [-0.2, 0) is 11.2 Å². The standard InChI is InChI=1S/C34H22Br2N2O5/c1-2-19-15-23(36)16-27-28(34(42)43-18-30(39)21-7-11-22(35)12-8-21)17-29(37-31(19)27)20-9-13-24(14-10-20)38-32(40)25-5-3-4-6-26(25)33(38)41/h3-17H,2,18H2,1H3. The lowest BCUT2D eigenvalue weighted by Crippen LogP contribution is -2.29. The van der Waals surface area contributed by atoms with Gasteiger partial charge in [0.15, 0.2) is 12.4 Å². The minimum atomic E-state index is -0.651. The van der Waals surface area contributed by atoms with Crippen LogP contribution in [0, 0.1) is 0 Å². The number of hydrogen-bond acceptors (Lipinski definition) is 6. The van der Waals surface area contributed by atoms with Crippen molar-refractivity contribution in [2.75, 3.05) is 11.5 Å². The number of benzene rings is 4. The predicted octanol–water partition coefficient (Wildman–Crippen LogP) is 7.83. The van der Waals surface area contributed by atoms with Gasteiger partial charge in [0.2, 0.25) is 0 Å². The third-order valence-corrected chi connectivity index (χ3v) is 8.26. The van der Waals surface area contributed by atoms with Gasteiger partial charge in [0, 0.05) is 25.5 Å². The maximum Gasteiger partial charge on any atom is 0.339 e. The van der Waals surface area contributed by atoms with Gasteiger partial charge in [-0.15, -0.1) is 0 Å². The van der Waals surface area contributed by atoms with Crippen molar-refractivity contribution in [1.82, 2.24) is 4.98 Å². The van der Waals surface area contributed by atoms with E-state index in [0.29, 0.717) is 51.0 Å². The smallest absolute Gasteiger partial charge is 0.339 e. The molecule has 5 aromatic rings. The van der Waals surface area contributed by atoms with Gasteiger partial charge in [0.05, 0.1) is 33.6 Å². The third-order valence-electron chi connectivity index (χ3n) is 7.27. The molecule has 0 unspecified atom stereocenters. The molecule has 1 aromatic heterocycles. The van der Waals surface area contributed by atoms with Gasteiger partial charge in [0.1, 0.15) is 0 Å². The van der Waals surface area contributed by atoms with Crippen molar-refractivity contribution in [2.45, 2.75) is 13.3 Å². The van der Waals surface area contributed by atoms with E-state index in [-0.39, 0.29) is 23.2 Å². The number of halogens is 2. The highest BCUT2D eigenvalue weighted by molar-refractivity contribution is 9.10. The fraction of sp³-hybridized carbons (Fsp3) is 0.0882. The lowest BCUT2D eigenvalue weighted by atomic mass is 10.0. The number of fused-ring (bicyclic) bond motifs is 2. The first-order chi connectivity index (χ1) is 20.7. The molecule has 43 heavy (non-hydrogen) atoms. The Morgan fingerprint density at radius 3 is 2.09 bits per heavy atom. The monoisotopic (exact) mass is 696 g/mol. The number of imide groups is 1. The van der Waals surface area contributed by atoms with E-state index in [0.717, 1.165) is 19.4 Å². The van der Waals surface area contributed by atoms with Crippen LogP contribution in [0.15, 0.2) is 99.9 Å². The Morgan fingerprint density at radius 1 is 0.814 bits per heavy atom. The molecule has 0 aliphatic carbocycles. The number of esters is 1. The number of anilines is 1. The molecule has 1 aliphatic heterocycles. The topological polar surface area (TPSA) is 93.6 Å². The molecule has 0 saturated heterocycles. The minimum absolute atomic E-state index is 0.268. The number of hydrogen-bond donors (Lipinski definition) is 0. The Kier molecular flexibility index (Phi) is 7.77. The van der Waals surface area contributed by atoms with E-state index in [1.165, 1.54) is 0 Å². The molecule has 2 heterocycles. The highest BCUT2D eigenvalue weighted by Gasteiger charge is 2.36. The second-order valence-corrected chi connectivity index (χ2v) is 11.7. The highest BCUT2D eigenvalue weighted by Crippen LogP contribution is 2.33. The van der Waals surface area contributed by atoms with E-state index in [1.807, 2.05) is 19.1 Å². The van der Waals surface area contributed by atoms with E-state index >= 15 is 0 Å². The van der Waals surface area contributed by atoms with E-state index in [4.69, 9.17) is 9.72 Å². The van der Waals surface area contributed by atoms with E-state index < -0.39 is 12.6 Å². The molecular formula is C34H22Br2N2O5. The molecule has 1 aliphatic rings.